The van der Waals surface area contributed by atoms with Crippen LogP contribution in [-0.4, -0.2) is 24.7 Å². The van der Waals surface area contributed by atoms with Gasteiger partial charge in [-0.1, -0.05) is 32.0 Å². The molecule has 3 heteroatoms. The zero-order valence-corrected chi connectivity index (χ0v) is 12.3. The van der Waals surface area contributed by atoms with Crippen molar-refractivity contribution in [2.75, 3.05) is 18.6 Å². The van der Waals surface area contributed by atoms with Crippen LogP contribution in [0.15, 0.2) is 24.3 Å². The molecular weight excluding hydrogens is 242 g/mol. The monoisotopic (exact) mass is 265 g/mol. The van der Waals surface area contributed by atoms with Crippen molar-refractivity contribution >= 4 is 11.8 Å². The summed E-state index contributed by atoms with van der Waals surface area (Å²) in [5.74, 6) is 2.74. The van der Waals surface area contributed by atoms with E-state index in [1.54, 1.807) is 0 Å². The number of nitrogens with one attached hydrogen (secondary N) is 1. The first-order valence-corrected chi connectivity index (χ1v) is 8.12. The molecule has 3 atom stereocenters. The van der Waals surface area contributed by atoms with E-state index in [4.69, 9.17) is 4.74 Å². The summed E-state index contributed by atoms with van der Waals surface area (Å²) < 4.78 is 5.80. The summed E-state index contributed by atoms with van der Waals surface area (Å²) in [6.45, 7) is 5.33. The third-order valence-corrected chi connectivity index (χ3v) is 4.34. The Bertz CT molecular complexity index is 383. The van der Waals surface area contributed by atoms with Crippen molar-refractivity contribution in [3.8, 4) is 5.75 Å². The molecule has 1 aromatic rings. The van der Waals surface area contributed by atoms with Crippen LogP contribution < -0.4 is 10.1 Å². The van der Waals surface area contributed by atoms with Gasteiger partial charge in [0.25, 0.3) is 0 Å². The van der Waals surface area contributed by atoms with Crippen LogP contribution >= 0.6 is 11.8 Å². The second-order valence-electron chi connectivity index (χ2n) is 5.03. The molecule has 1 N–H and O–H groups in total. The van der Waals surface area contributed by atoms with Gasteiger partial charge in [0.05, 0.1) is 6.61 Å². The van der Waals surface area contributed by atoms with Crippen LogP contribution in [0.4, 0.5) is 0 Å². The SMILES string of the molecule is CCC(CSC)NC1c2ccccc2OCC1C. The van der Waals surface area contributed by atoms with E-state index < -0.39 is 0 Å². The van der Waals surface area contributed by atoms with Crippen LogP contribution in [0.2, 0.25) is 0 Å². The number of hydrogen-bond acceptors (Lipinski definition) is 3. The first-order valence-electron chi connectivity index (χ1n) is 6.73. The molecule has 0 aliphatic carbocycles. The molecule has 0 amide bonds. The van der Waals surface area contributed by atoms with Gasteiger partial charge in [0.15, 0.2) is 0 Å². The van der Waals surface area contributed by atoms with E-state index in [1.165, 1.54) is 17.7 Å². The standard InChI is InChI=1S/C15H23NOS/c1-4-12(10-18-3)16-15-11(2)9-17-14-8-6-5-7-13(14)15/h5-8,11-12,15-16H,4,9-10H2,1-3H3. The molecule has 18 heavy (non-hydrogen) atoms. The van der Waals surface area contributed by atoms with Gasteiger partial charge in [0.2, 0.25) is 0 Å². The minimum absolute atomic E-state index is 0.423. The molecule has 0 aromatic heterocycles. The molecule has 0 saturated carbocycles. The van der Waals surface area contributed by atoms with Crippen LogP contribution in [0.25, 0.3) is 0 Å². The molecule has 0 bridgehead atoms. The number of thioether (sulfide) groups is 1. The smallest absolute Gasteiger partial charge is 0.124 e. The van der Waals surface area contributed by atoms with E-state index in [1.807, 2.05) is 17.8 Å². The van der Waals surface area contributed by atoms with Gasteiger partial charge in [-0.15, -0.1) is 0 Å². The summed E-state index contributed by atoms with van der Waals surface area (Å²) in [4.78, 5) is 0. The summed E-state index contributed by atoms with van der Waals surface area (Å²) >= 11 is 1.91. The minimum Gasteiger partial charge on any atom is -0.493 e. The molecule has 0 fully saturated rings. The van der Waals surface area contributed by atoms with Gasteiger partial charge in [0.1, 0.15) is 5.75 Å². The number of ether oxygens (including phenoxy) is 1. The van der Waals surface area contributed by atoms with Crippen LogP contribution in [0.5, 0.6) is 5.75 Å². The van der Waals surface area contributed by atoms with Gasteiger partial charge >= 0.3 is 0 Å². The molecule has 2 nitrogen and oxygen atoms in total. The van der Waals surface area contributed by atoms with Gasteiger partial charge in [-0.25, -0.2) is 0 Å². The van der Waals surface area contributed by atoms with E-state index in [9.17, 15) is 0 Å². The molecule has 1 heterocycles. The van der Waals surface area contributed by atoms with Gasteiger partial charge in [-0.3, -0.25) is 0 Å². The largest absolute Gasteiger partial charge is 0.493 e. The summed E-state index contributed by atoms with van der Waals surface area (Å²) in [6.07, 6.45) is 3.35. The van der Waals surface area contributed by atoms with Gasteiger partial charge in [-0.05, 0) is 18.7 Å². The van der Waals surface area contributed by atoms with Crippen molar-refractivity contribution < 1.29 is 4.74 Å². The number of benzene rings is 1. The topological polar surface area (TPSA) is 21.3 Å². The highest BCUT2D eigenvalue weighted by Crippen LogP contribution is 2.35. The number of para-hydroxylation sites is 1. The summed E-state index contributed by atoms with van der Waals surface area (Å²) in [7, 11) is 0. The highest BCUT2D eigenvalue weighted by atomic mass is 32.2. The molecule has 3 unspecified atom stereocenters. The lowest BCUT2D eigenvalue weighted by Crippen LogP contribution is -2.40. The minimum atomic E-state index is 0.423. The maximum atomic E-state index is 5.80. The zero-order valence-electron chi connectivity index (χ0n) is 11.5. The second kappa shape index (κ2) is 6.48. The van der Waals surface area contributed by atoms with Gasteiger partial charge in [-0.2, -0.15) is 11.8 Å². The fourth-order valence-electron chi connectivity index (χ4n) is 2.49. The van der Waals surface area contributed by atoms with Crippen molar-refractivity contribution in [3.63, 3.8) is 0 Å². The van der Waals surface area contributed by atoms with Crippen molar-refractivity contribution in [1.82, 2.24) is 5.32 Å². The molecule has 1 aliphatic heterocycles. The normalized spacial score (nSPS) is 24.2. The fourth-order valence-corrected chi connectivity index (χ4v) is 3.22. The maximum absolute atomic E-state index is 5.80. The molecule has 2 rings (SSSR count). The van der Waals surface area contributed by atoms with Crippen molar-refractivity contribution in [2.45, 2.75) is 32.4 Å². The van der Waals surface area contributed by atoms with Crippen molar-refractivity contribution in [3.05, 3.63) is 29.8 Å². The van der Waals surface area contributed by atoms with Crippen molar-refractivity contribution in [1.29, 1.82) is 0 Å². The Hall–Kier alpha value is -0.670. The number of fused-ring (bicyclic) bond motifs is 1. The molecular formula is C15H23NOS. The molecule has 1 aromatic carbocycles. The lowest BCUT2D eigenvalue weighted by Gasteiger charge is -2.34. The third kappa shape index (κ3) is 3.01. The Morgan fingerprint density at radius 2 is 2.22 bits per heavy atom. The van der Waals surface area contributed by atoms with E-state index >= 15 is 0 Å². The Morgan fingerprint density at radius 1 is 1.44 bits per heavy atom. The lowest BCUT2D eigenvalue weighted by atomic mass is 9.91. The number of rotatable bonds is 5. The molecule has 1 aliphatic rings. The summed E-state index contributed by atoms with van der Waals surface area (Å²) in [6, 6.07) is 9.42. The van der Waals surface area contributed by atoms with Gasteiger partial charge in [0, 0.05) is 29.3 Å². The first-order chi connectivity index (χ1) is 8.76. The lowest BCUT2D eigenvalue weighted by molar-refractivity contribution is 0.181. The Morgan fingerprint density at radius 3 is 2.94 bits per heavy atom. The summed E-state index contributed by atoms with van der Waals surface area (Å²) in [5.41, 5.74) is 1.32. The van der Waals surface area contributed by atoms with E-state index in [0.717, 1.165) is 12.4 Å². The van der Waals surface area contributed by atoms with Crippen molar-refractivity contribution in [2.24, 2.45) is 5.92 Å². The first kappa shape index (κ1) is 13.8. The number of hydrogen-bond donors (Lipinski definition) is 1. The Labute approximate surface area is 114 Å². The quantitative estimate of drug-likeness (QED) is 0.880. The maximum Gasteiger partial charge on any atom is 0.124 e. The second-order valence-corrected chi connectivity index (χ2v) is 5.94. The molecule has 100 valence electrons. The zero-order chi connectivity index (χ0) is 13.0. The highest BCUT2D eigenvalue weighted by Gasteiger charge is 2.28. The Balaban J connectivity index is 2.15. The highest BCUT2D eigenvalue weighted by molar-refractivity contribution is 7.98. The van der Waals surface area contributed by atoms with Crippen LogP contribution in [0.1, 0.15) is 31.9 Å². The predicted octanol–water partition coefficient (Wildman–Crippen LogP) is 3.49. The predicted molar refractivity (Wildman–Crippen MR) is 79.4 cm³/mol. The Kier molecular flexibility index (Phi) is 4.95. The fraction of sp³-hybridized carbons (Fsp3) is 0.600. The molecule has 0 spiro atoms. The molecule has 0 saturated heterocycles. The van der Waals surface area contributed by atoms with Gasteiger partial charge < -0.3 is 10.1 Å². The van der Waals surface area contributed by atoms with Crippen LogP contribution in [0, 0.1) is 5.92 Å². The van der Waals surface area contributed by atoms with E-state index in [0.29, 0.717) is 18.0 Å². The average Bonchev–Trinajstić information content (AvgIpc) is 2.41. The van der Waals surface area contributed by atoms with Crippen LogP contribution in [0.3, 0.4) is 0 Å². The third-order valence-electron chi connectivity index (χ3n) is 3.60. The average molecular weight is 265 g/mol. The molecule has 0 radical (unpaired) electrons. The summed E-state index contributed by atoms with van der Waals surface area (Å²) in [5, 5.41) is 3.81. The van der Waals surface area contributed by atoms with Crippen LogP contribution in [-0.2, 0) is 0 Å². The van der Waals surface area contributed by atoms with E-state index in [-0.39, 0.29) is 0 Å². The van der Waals surface area contributed by atoms with E-state index in [2.05, 4.69) is 43.6 Å².